The van der Waals surface area contributed by atoms with Gasteiger partial charge in [-0.1, -0.05) is 56.1 Å². The first kappa shape index (κ1) is 22.3. The number of hydrogen-bond acceptors (Lipinski definition) is 7. The molecule has 10 heteroatoms. The molecule has 0 amide bonds. The van der Waals surface area contributed by atoms with Gasteiger partial charge in [0.05, 0.1) is 4.92 Å². The molecule has 0 aliphatic heterocycles. The van der Waals surface area contributed by atoms with Gasteiger partial charge in [0.15, 0.2) is 6.29 Å². The van der Waals surface area contributed by atoms with E-state index in [1.54, 1.807) is 0 Å². The van der Waals surface area contributed by atoms with Crippen LogP contribution in [0.1, 0.15) is 10.4 Å². The Morgan fingerprint density at radius 1 is 0.844 bits per heavy atom. The number of rotatable bonds is 6. The standard InChI is InChI=1S/C22H12Br2N4O3S/c23-16-5-1-13(2-6-16)20-21(14-3-7-17(24)8-4-14)26-27-22(25-20)32-19-10-9-18(28(30)31)11-15(19)12-29/h1-12H. The minimum absolute atomic E-state index is 0.156. The van der Waals surface area contributed by atoms with Crippen molar-refractivity contribution in [3.05, 3.63) is 91.4 Å². The van der Waals surface area contributed by atoms with Gasteiger partial charge in [0, 0.05) is 42.7 Å². The summed E-state index contributed by atoms with van der Waals surface area (Å²) < 4.78 is 1.88. The third-order valence-electron chi connectivity index (χ3n) is 4.44. The fraction of sp³-hybridized carbons (Fsp3) is 0. The Labute approximate surface area is 203 Å². The number of aromatic nitrogens is 3. The van der Waals surface area contributed by atoms with Gasteiger partial charge in [0.25, 0.3) is 5.69 Å². The fourth-order valence-electron chi connectivity index (χ4n) is 2.90. The Hall–Kier alpha value is -2.95. The smallest absolute Gasteiger partial charge is 0.270 e. The first-order valence-corrected chi connectivity index (χ1v) is 11.5. The van der Waals surface area contributed by atoms with Gasteiger partial charge < -0.3 is 0 Å². The number of aldehydes is 1. The molecule has 0 spiro atoms. The van der Waals surface area contributed by atoms with Crippen molar-refractivity contribution in [3.63, 3.8) is 0 Å². The second kappa shape index (κ2) is 9.68. The van der Waals surface area contributed by atoms with Gasteiger partial charge in [-0.3, -0.25) is 14.9 Å². The molecule has 0 aliphatic carbocycles. The Kier molecular flexibility index (Phi) is 6.73. The molecule has 0 radical (unpaired) electrons. The van der Waals surface area contributed by atoms with Crippen LogP contribution in [0, 0.1) is 10.1 Å². The molecular weight excluding hydrogens is 560 g/mol. The average Bonchev–Trinajstić information content (AvgIpc) is 2.80. The second-order valence-corrected chi connectivity index (χ2v) is 9.34. The lowest BCUT2D eigenvalue weighted by Gasteiger charge is -2.10. The van der Waals surface area contributed by atoms with Crippen LogP contribution in [0.25, 0.3) is 22.5 Å². The van der Waals surface area contributed by atoms with Crippen molar-refractivity contribution in [2.45, 2.75) is 10.1 Å². The average molecular weight is 572 g/mol. The van der Waals surface area contributed by atoms with Crippen LogP contribution in [0.2, 0.25) is 0 Å². The monoisotopic (exact) mass is 570 g/mol. The molecule has 0 bridgehead atoms. The van der Waals surface area contributed by atoms with Crippen molar-refractivity contribution in [2.75, 3.05) is 0 Å². The molecule has 158 valence electrons. The van der Waals surface area contributed by atoms with Crippen LogP contribution in [0.3, 0.4) is 0 Å². The van der Waals surface area contributed by atoms with E-state index >= 15 is 0 Å². The summed E-state index contributed by atoms with van der Waals surface area (Å²) in [7, 11) is 0. The highest BCUT2D eigenvalue weighted by molar-refractivity contribution is 9.10. The molecule has 0 aliphatic rings. The molecule has 7 nitrogen and oxygen atoms in total. The number of carbonyl (C=O) groups excluding carboxylic acids is 1. The molecule has 4 rings (SSSR count). The first-order valence-electron chi connectivity index (χ1n) is 9.12. The number of nitrogens with zero attached hydrogens (tertiary/aromatic N) is 4. The molecule has 0 N–H and O–H groups in total. The summed E-state index contributed by atoms with van der Waals surface area (Å²) in [6.45, 7) is 0. The number of carbonyl (C=O) groups is 1. The topological polar surface area (TPSA) is 98.9 Å². The van der Waals surface area contributed by atoms with Gasteiger partial charge in [-0.05, 0) is 42.1 Å². The zero-order valence-electron chi connectivity index (χ0n) is 16.1. The van der Waals surface area contributed by atoms with Crippen LogP contribution in [0.5, 0.6) is 0 Å². The maximum atomic E-state index is 11.5. The summed E-state index contributed by atoms with van der Waals surface area (Å²) >= 11 is 8.00. The minimum atomic E-state index is -0.544. The Morgan fingerprint density at radius 3 is 2.00 bits per heavy atom. The molecule has 0 fully saturated rings. The zero-order valence-corrected chi connectivity index (χ0v) is 20.1. The number of non-ortho nitro benzene ring substituents is 1. The number of hydrogen-bond donors (Lipinski definition) is 0. The third-order valence-corrected chi connectivity index (χ3v) is 6.44. The summed E-state index contributed by atoms with van der Waals surface area (Å²) in [5.41, 5.74) is 2.98. The normalized spacial score (nSPS) is 10.7. The number of nitro groups is 1. The Balaban J connectivity index is 1.79. The Morgan fingerprint density at radius 2 is 1.44 bits per heavy atom. The zero-order chi connectivity index (χ0) is 22.7. The van der Waals surface area contributed by atoms with Crippen LogP contribution in [0.4, 0.5) is 5.69 Å². The van der Waals surface area contributed by atoms with Crippen LogP contribution < -0.4 is 0 Å². The maximum absolute atomic E-state index is 11.5. The molecule has 3 aromatic carbocycles. The highest BCUT2D eigenvalue weighted by Gasteiger charge is 2.17. The van der Waals surface area contributed by atoms with E-state index in [0.29, 0.717) is 27.7 Å². The lowest BCUT2D eigenvalue weighted by Crippen LogP contribution is -2.00. The van der Waals surface area contributed by atoms with Gasteiger partial charge in [-0.25, -0.2) is 4.98 Å². The van der Waals surface area contributed by atoms with Crippen molar-refractivity contribution < 1.29 is 9.72 Å². The van der Waals surface area contributed by atoms with Crippen LogP contribution in [-0.4, -0.2) is 26.4 Å². The SMILES string of the molecule is O=Cc1cc([N+](=O)[O-])ccc1Sc1nnc(-c2ccc(Br)cc2)c(-c2ccc(Br)cc2)n1. The van der Waals surface area contributed by atoms with Crippen molar-refractivity contribution in [1.29, 1.82) is 0 Å². The van der Waals surface area contributed by atoms with Crippen molar-refractivity contribution in [3.8, 4) is 22.5 Å². The number of nitro benzene ring substituents is 1. The van der Waals surface area contributed by atoms with E-state index in [0.717, 1.165) is 31.8 Å². The first-order chi connectivity index (χ1) is 15.4. The molecule has 0 atom stereocenters. The quantitative estimate of drug-likeness (QED) is 0.146. The summed E-state index contributed by atoms with van der Waals surface area (Å²) in [6, 6.07) is 19.4. The van der Waals surface area contributed by atoms with Crippen molar-refractivity contribution >= 4 is 55.6 Å². The molecule has 0 saturated heterocycles. The van der Waals surface area contributed by atoms with E-state index in [1.807, 2.05) is 48.5 Å². The van der Waals surface area contributed by atoms with Crippen molar-refractivity contribution in [1.82, 2.24) is 15.2 Å². The largest absolute Gasteiger partial charge is 0.298 e. The number of benzene rings is 3. The lowest BCUT2D eigenvalue weighted by atomic mass is 10.0. The predicted molar refractivity (Wildman–Crippen MR) is 129 cm³/mol. The number of halogens is 2. The fourth-order valence-corrected chi connectivity index (χ4v) is 4.20. The minimum Gasteiger partial charge on any atom is -0.298 e. The summed E-state index contributed by atoms with van der Waals surface area (Å²) in [5, 5.41) is 20.0. The molecule has 32 heavy (non-hydrogen) atoms. The highest BCUT2D eigenvalue weighted by Crippen LogP contribution is 2.34. The molecular formula is C22H12Br2N4O3S. The van der Waals surface area contributed by atoms with Gasteiger partial charge in [-0.15, -0.1) is 10.2 Å². The van der Waals surface area contributed by atoms with Crippen LogP contribution in [-0.2, 0) is 0 Å². The third kappa shape index (κ3) is 4.93. The predicted octanol–water partition coefficient (Wildman–Crippen LogP) is 6.60. The van der Waals surface area contributed by atoms with Gasteiger partial charge in [-0.2, -0.15) is 0 Å². The van der Waals surface area contributed by atoms with E-state index < -0.39 is 4.92 Å². The lowest BCUT2D eigenvalue weighted by molar-refractivity contribution is -0.384. The van der Waals surface area contributed by atoms with Crippen LogP contribution in [0.15, 0.2) is 85.7 Å². The van der Waals surface area contributed by atoms with E-state index in [1.165, 1.54) is 18.2 Å². The van der Waals surface area contributed by atoms with E-state index in [9.17, 15) is 14.9 Å². The molecule has 1 heterocycles. The van der Waals surface area contributed by atoms with Gasteiger partial charge >= 0.3 is 0 Å². The summed E-state index contributed by atoms with van der Waals surface area (Å²) in [6.07, 6.45) is 0.578. The van der Waals surface area contributed by atoms with Crippen molar-refractivity contribution in [2.24, 2.45) is 0 Å². The van der Waals surface area contributed by atoms with Gasteiger partial charge in [0.2, 0.25) is 5.16 Å². The highest BCUT2D eigenvalue weighted by atomic mass is 79.9. The van der Waals surface area contributed by atoms with Crippen LogP contribution >= 0.6 is 43.6 Å². The summed E-state index contributed by atoms with van der Waals surface area (Å²) in [5.74, 6) is 0. The molecule has 1 aromatic heterocycles. The summed E-state index contributed by atoms with van der Waals surface area (Å²) in [4.78, 5) is 27.2. The maximum Gasteiger partial charge on any atom is 0.270 e. The Bertz CT molecular complexity index is 1320. The van der Waals surface area contributed by atoms with E-state index in [4.69, 9.17) is 4.98 Å². The van der Waals surface area contributed by atoms with E-state index in [-0.39, 0.29) is 11.3 Å². The molecule has 4 aromatic rings. The molecule has 0 saturated carbocycles. The van der Waals surface area contributed by atoms with E-state index in [2.05, 4.69) is 42.1 Å². The molecule has 0 unspecified atom stereocenters. The van der Waals surface area contributed by atoms with Gasteiger partial charge in [0.1, 0.15) is 11.4 Å². The second-order valence-electron chi connectivity index (χ2n) is 6.50.